The lowest BCUT2D eigenvalue weighted by molar-refractivity contribution is -0.194. The molecule has 5 atom stereocenters. The molecule has 5 unspecified atom stereocenters. The molecule has 4 saturated heterocycles. The number of carbonyl (C=O) groups excluding carboxylic acids is 1. The van der Waals surface area contributed by atoms with E-state index in [9.17, 15) is 4.79 Å². The lowest BCUT2D eigenvalue weighted by atomic mass is 9.93. The Morgan fingerprint density at radius 2 is 1.36 bits per heavy atom. The van der Waals surface area contributed by atoms with Gasteiger partial charge >= 0.3 is 0 Å². The minimum absolute atomic E-state index is 0.0140. The Labute approximate surface area is 409 Å². The van der Waals surface area contributed by atoms with Crippen LogP contribution in [0.15, 0.2) is 91.3 Å². The summed E-state index contributed by atoms with van der Waals surface area (Å²) in [6.45, 7) is 12.1. The van der Waals surface area contributed by atoms with E-state index < -0.39 is 6.10 Å². The normalized spacial score (nSPS) is 23.6. The Morgan fingerprint density at radius 3 is 2.14 bits per heavy atom. The number of pyridine rings is 2. The number of halogens is 1. The standard InChI is InChI=1S/C27H32N4O4.C16H18N4O.C8H7ClO2.C2H6/c32-27(25-16-33-23-5-1-2-6-24(23)35-25)31-13-17-4-3-11-28-26(17)29-21-10-7-18(12-22(21)31)30-14-19-8-9-20(15-30)34-19;1-2-12-11-18-15-10-13(20-6-8-21-9-7-20)3-4-14(15)19-16(12)17-5-1;9-6-1-2-7-8(5-6)11-4-3-10-7;1-2/h3-4,7,10-12,19-20,23-25H,1-2,5-6,8-9,13-16H2,(H,28,29);1-5,10,18H,6-9,11H2,(H,17,19);1-2,5H,3-4H2;1-2H3. The Bertz CT molecular complexity index is 2550. The van der Waals surface area contributed by atoms with Crippen molar-refractivity contribution in [3.8, 4) is 11.5 Å². The van der Waals surface area contributed by atoms with Crippen molar-refractivity contribution >= 4 is 63.3 Å². The maximum atomic E-state index is 14.0. The summed E-state index contributed by atoms with van der Waals surface area (Å²) in [5, 5.41) is 11.1. The number of amides is 1. The molecule has 16 heteroatoms. The van der Waals surface area contributed by atoms with Crippen LogP contribution >= 0.6 is 11.6 Å². The number of anilines is 8. The van der Waals surface area contributed by atoms with Crippen molar-refractivity contribution < 1.29 is 33.2 Å². The molecule has 2 aromatic heterocycles. The van der Waals surface area contributed by atoms with Crippen LogP contribution in [-0.4, -0.2) is 106 Å². The van der Waals surface area contributed by atoms with E-state index in [0.29, 0.717) is 43.6 Å². The third kappa shape index (κ3) is 10.8. The molecule has 9 heterocycles. The van der Waals surface area contributed by atoms with E-state index >= 15 is 0 Å². The van der Waals surface area contributed by atoms with Gasteiger partial charge in [-0.3, -0.25) is 4.79 Å². The summed E-state index contributed by atoms with van der Waals surface area (Å²) in [6.07, 6.45) is 10.3. The average molecular weight is 960 g/mol. The molecule has 69 heavy (non-hydrogen) atoms. The monoisotopic (exact) mass is 958 g/mol. The number of nitrogens with zero attached hydrogens (tertiary/aromatic N) is 5. The number of carbonyl (C=O) groups is 1. The Kier molecular flexibility index (Phi) is 14.8. The third-order valence-corrected chi connectivity index (χ3v) is 13.9. The van der Waals surface area contributed by atoms with Crippen LogP contribution < -0.4 is 40.1 Å². The average Bonchev–Trinajstić information content (AvgIpc) is 3.54. The summed E-state index contributed by atoms with van der Waals surface area (Å²) in [6, 6.07) is 26.2. The van der Waals surface area contributed by atoms with Gasteiger partial charge in [0.25, 0.3) is 5.91 Å². The van der Waals surface area contributed by atoms with E-state index in [2.05, 4.69) is 78.2 Å². The van der Waals surface area contributed by atoms with Crippen molar-refractivity contribution in [3.63, 3.8) is 0 Å². The molecule has 1 amide bonds. The molecule has 0 radical (unpaired) electrons. The minimum atomic E-state index is -0.594. The van der Waals surface area contributed by atoms with Crippen molar-refractivity contribution in [2.75, 3.05) is 89.9 Å². The zero-order valence-electron chi connectivity index (χ0n) is 39.5. The van der Waals surface area contributed by atoms with Gasteiger partial charge in [0.2, 0.25) is 0 Å². The van der Waals surface area contributed by atoms with E-state index in [-0.39, 0.29) is 18.1 Å². The van der Waals surface area contributed by atoms with Gasteiger partial charge in [-0.2, -0.15) is 0 Å². The quantitative estimate of drug-likeness (QED) is 0.158. The molecule has 1 saturated carbocycles. The summed E-state index contributed by atoms with van der Waals surface area (Å²) >= 11 is 5.74. The highest BCUT2D eigenvalue weighted by Gasteiger charge is 2.40. The molecule has 5 fully saturated rings. The molecule has 8 aliphatic rings. The zero-order chi connectivity index (χ0) is 47.1. The molecular formula is C53H63ClN8O7. The van der Waals surface area contributed by atoms with Crippen molar-refractivity contribution in [1.29, 1.82) is 0 Å². The fraction of sp³-hybridized carbons (Fsp3) is 0.453. The first-order valence-electron chi connectivity index (χ1n) is 24.8. The van der Waals surface area contributed by atoms with E-state index in [1.165, 1.54) is 17.7 Å². The molecule has 3 aromatic carbocycles. The van der Waals surface area contributed by atoms with Gasteiger partial charge in [-0.25, -0.2) is 9.97 Å². The van der Waals surface area contributed by atoms with E-state index in [4.69, 9.17) is 40.0 Å². The summed E-state index contributed by atoms with van der Waals surface area (Å²) in [5.41, 5.74) is 8.46. The molecule has 364 valence electrons. The maximum Gasteiger partial charge on any atom is 0.258 e. The van der Waals surface area contributed by atoms with E-state index in [0.717, 1.165) is 135 Å². The fourth-order valence-electron chi connectivity index (χ4n) is 10.1. The van der Waals surface area contributed by atoms with Gasteiger partial charge in [-0.15, -0.1) is 0 Å². The van der Waals surface area contributed by atoms with E-state index in [1.54, 1.807) is 18.3 Å². The molecule has 5 aromatic rings. The first-order valence-corrected chi connectivity index (χ1v) is 25.2. The third-order valence-electron chi connectivity index (χ3n) is 13.6. The van der Waals surface area contributed by atoms with Gasteiger partial charge in [-0.1, -0.05) is 50.4 Å². The summed E-state index contributed by atoms with van der Waals surface area (Å²) in [7, 11) is 0. The van der Waals surface area contributed by atoms with Crippen molar-refractivity contribution in [3.05, 3.63) is 107 Å². The molecule has 7 aliphatic heterocycles. The number of aromatic nitrogens is 2. The molecule has 1 aliphatic carbocycles. The van der Waals surface area contributed by atoms with Crippen LogP contribution in [0.25, 0.3) is 0 Å². The van der Waals surface area contributed by atoms with Crippen LogP contribution in [0.4, 0.5) is 45.8 Å². The number of nitrogens with one attached hydrogen (secondary N) is 3. The number of ether oxygens (including phenoxy) is 6. The lowest BCUT2D eigenvalue weighted by Crippen LogP contribution is -2.52. The maximum absolute atomic E-state index is 14.0. The summed E-state index contributed by atoms with van der Waals surface area (Å²) in [5.74, 6) is 3.19. The van der Waals surface area contributed by atoms with Crippen LogP contribution in [0.3, 0.4) is 0 Å². The van der Waals surface area contributed by atoms with Crippen LogP contribution in [0.2, 0.25) is 5.02 Å². The largest absolute Gasteiger partial charge is 0.486 e. The number of morpholine rings is 2. The Balaban J connectivity index is 0.000000137. The second kappa shape index (κ2) is 21.8. The molecule has 2 bridgehead atoms. The predicted molar refractivity (Wildman–Crippen MR) is 270 cm³/mol. The zero-order valence-corrected chi connectivity index (χ0v) is 40.3. The van der Waals surface area contributed by atoms with Crippen LogP contribution in [0.5, 0.6) is 11.5 Å². The highest BCUT2D eigenvalue weighted by Crippen LogP contribution is 2.41. The van der Waals surface area contributed by atoms with Crippen LogP contribution in [-0.2, 0) is 36.8 Å². The van der Waals surface area contributed by atoms with Crippen LogP contribution in [0.1, 0.15) is 63.5 Å². The van der Waals surface area contributed by atoms with Crippen molar-refractivity contribution in [2.24, 2.45) is 0 Å². The summed E-state index contributed by atoms with van der Waals surface area (Å²) in [4.78, 5) is 29.6. The number of benzene rings is 3. The molecule has 13 rings (SSSR count). The van der Waals surface area contributed by atoms with Gasteiger partial charge in [-0.05, 0) is 86.3 Å². The number of rotatable bonds is 3. The summed E-state index contributed by atoms with van der Waals surface area (Å²) < 4.78 is 34.5. The fourth-order valence-corrected chi connectivity index (χ4v) is 10.3. The second-order valence-corrected chi connectivity index (χ2v) is 18.5. The van der Waals surface area contributed by atoms with Crippen molar-refractivity contribution in [1.82, 2.24) is 9.97 Å². The first-order chi connectivity index (χ1) is 34.0. The smallest absolute Gasteiger partial charge is 0.258 e. The van der Waals surface area contributed by atoms with Gasteiger partial charge in [0, 0.05) is 78.7 Å². The van der Waals surface area contributed by atoms with Gasteiger partial charge in [0.05, 0.1) is 73.5 Å². The Hall–Kier alpha value is -5.84. The molecule has 3 N–H and O–H groups in total. The number of hydrogen-bond donors (Lipinski definition) is 3. The molecule has 0 spiro atoms. The van der Waals surface area contributed by atoms with Gasteiger partial charge in [0.1, 0.15) is 24.8 Å². The predicted octanol–water partition coefficient (Wildman–Crippen LogP) is 9.49. The van der Waals surface area contributed by atoms with E-state index in [1.807, 2.05) is 49.2 Å². The second-order valence-electron chi connectivity index (χ2n) is 18.1. The van der Waals surface area contributed by atoms with Gasteiger partial charge < -0.3 is 59.1 Å². The van der Waals surface area contributed by atoms with Crippen LogP contribution in [0, 0.1) is 0 Å². The topological polar surface area (TPSA) is 144 Å². The SMILES string of the molecule is CC.Clc1ccc2c(c1)OCCO2.O=C(C1COC2CCCCC2O1)N1Cc2cccnc2Nc2ccc(N3CC4CCC(C3)O4)cc21.c1cnc2c(c1)CNc1cc(N3CCOCC3)ccc1N2. The van der Waals surface area contributed by atoms with Gasteiger partial charge in [0.15, 0.2) is 17.6 Å². The highest BCUT2D eigenvalue weighted by molar-refractivity contribution is 6.30. The number of hydrogen-bond acceptors (Lipinski definition) is 14. The highest BCUT2D eigenvalue weighted by atomic mass is 35.5. The molecular weight excluding hydrogens is 896 g/mol. The minimum Gasteiger partial charge on any atom is -0.486 e. The Morgan fingerprint density at radius 1 is 0.681 bits per heavy atom. The first kappa shape index (κ1) is 46.9. The lowest BCUT2D eigenvalue weighted by Gasteiger charge is -2.40. The van der Waals surface area contributed by atoms with Crippen molar-refractivity contribution in [2.45, 2.75) is 96.0 Å². The number of fused-ring (bicyclic) bond motifs is 8. The molecule has 15 nitrogen and oxygen atoms in total.